The van der Waals surface area contributed by atoms with E-state index in [-0.39, 0.29) is 0 Å². The van der Waals surface area contributed by atoms with Crippen LogP contribution >= 0.6 is 21.6 Å². The van der Waals surface area contributed by atoms with Gasteiger partial charge in [-0.15, -0.1) is 0 Å². The highest BCUT2D eigenvalue weighted by molar-refractivity contribution is 8.76. The van der Waals surface area contributed by atoms with Gasteiger partial charge in [0.25, 0.3) is 0 Å². The van der Waals surface area contributed by atoms with E-state index >= 15 is 0 Å². The molecule has 0 radical (unpaired) electrons. The summed E-state index contributed by atoms with van der Waals surface area (Å²) in [5, 5.41) is 3.31. The Bertz CT molecular complexity index is 86.6. The zero-order valence-corrected chi connectivity index (χ0v) is 10.1. The average Bonchev–Trinajstić information content (AvgIpc) is 2.02. The molecule has 1 N–H and O–H groups in total. The Morgan fingerprint density at radius 1 is 1.17 bits per heavy atom. The molecule has 0 saturated carbocycles. The SMILES string of the molecule is CCNCCSSCCC(C)C. The molecule has 0 bridgehead atoms. The quantitative estimate of drug-likeness (QED) is 0.485. The molecule has 0 aromatic carbocycles. The van der Waals surface area contributed by atoms with Gasteiger partial charge < -0.3 is 5.32 Å². The van der Waals surface area contributed by atoms with Gasteiger partial charge in [-0.25, -0.2) is 0 Å². The smallest absolute Gasteiger partial charge is 0.0162 e. The summed E-state index contributed by atoms with van der Waals surface area (Å²) in [6, 6.07) is 0. The summed E-state index contributed by atoms with van der Waals surface area (Å²) in [6.07, 6.45) is 1.35. The van der Waals surface area contributed by atoms with Crippen molar-refractivity contribution in [2.75, 3.05) is 24.6 Å². The van der Waals surface area contributed by atoms with Crippen LogP contribution in [-0.4, -0.2) is 24.6 Å². The maximum Gasteiger partial charge on any atom is 0.0162 e. The minimum atomic E-state index is 0.854. The lowest BCUT2D eigenvalue weighted by Crippen LogP contribution is -2.15. The van der Waals surface area contributed by atoms with E-state index in [0.717, 1.165) is 19.0 Å². The van der Waals surface area contributed by atoms with Crippen molar-refractivity contribution in [2.24, 2.45) is 5.92 Å². The molecule has 0 aliphatic rings. The summed E-state index contributed by atoms with van der Waals surface area (Å²) in [4.78, 5) is 0. The minimum absolute atomic E-state index is 0.854. The first-order valence-electron chi connectivity index (χ1n) is 4.72. The summed E-state index contributed by atoms with van der Waals surface area (Å²) in [5.41, 5.74) is 0. The molecular formula is C9H21NS2. The summed E-state index contributed by atoms with van der Waals surface area (Å²) >= 11 is 0. The molecule has 0 atom stereocenters. The molecule has 0 aromatic rings. The van der Waals surface area contributed by atoms with Gasteiger partial charge in [-0.05, 0) is 18.9 Å². The first-order chi connectivity index (χ1) is 5.77. The maximum atomic E-state index is 3.31. The second-order valence-electron chi connectivity index (χ2n) is 3.18. The molecule has 0 rings (SSSR count). The zero-order valence-electron chi connectivity index (χ0n) is 8.43. The molecular weight excluding hydrogens is 186 g/mol. The number of rotatable bonds is 8. The Balaban J connectivity index is 2.82. The molecule has 0 aromatic heterocycles. The van der Waals surface area contributed by atoms with Gasteiger partial charge in [-0.2, -0.15) is 0 Å². The predicted molar refractivity (Wildman–Crippen MR) is 62.9 cm³/mol. The summed E-state index contributed by atoms with van der Waals surface area (Å²) < 4.78 is 0. The lowest BCUT2D eigenvalue weighted by atomic mass is 10.2. The van der Waals surface area contributed by atoms with Gasteiger partial charge in [0.15, 0.2) is 0 Å². The Hall–Kier alpha value is 0.660. The maximum absolute atomic E-state index is 3.31. The van der Waals surface area contributed by atoms with Crippen molar-refractivity contribution in [3.8, 4) is 0 Å². The Labute approximate surface area is 84.9 Å². The Kier molecular flexibility index (Phi) is 10.3. The van der Waals surface area contributed by atoms with Gasteiger partial charge in [0, 0.05) is 18.1 Å². The van der Waals surface area contributed by atoms with Crippen LogP contribution in [0, 0.1) is 5.92 Å². The Morgan fingerprint density at radius 2 is 1.83 bits per heavy atom. The summed E-state index contributed by atoms with van der Waals surface area (Å²) in [5.74, 6) is 3.39. The summed E-state index contributed by atoms with van der Waals surface area (Å²) in [7, 11) is 4.00. The van der Waals surface area contributed by atoms with E-state index < -0.39 is 0 Å². The van der Waals surface area contributed by atoms with Gasteiger partial charge in [0.05, 0.1) is 0 Å². The fourth-order valence-electron chi connectivity index (χ4n) is 0.692. The largest absolute Gasteiger partial charge is 0.316 e. The van der Waals surface area contributed by atoms with Crippen LogP contribution in [0.3, 0.4) is 0 Å². The van der Waals surface area contributed by atoms with E-state index in [1.54, 1.807) is 0 Å². The van der Waals surface area contributed by atoms with Crippen molar-refractivity contribution in [1.29, 1.82) is 0 Å². The van der Waals surface area contributed by atoms with Crippen LogP contribution in [0.1, 0.15) is 27.2 Å². The van der Waals surface area contributed by atoms with E-state index in [1.807, 2.05) is 21.6 Å². The molecule has 3 heteroatoms. The van der Waals surface area contributed by atoms with Crippen molar-refractivity contribution >= 4 is 21.6 Å². The second kappa shape index (κ2) is 9.75. The van der Waals surface area contributed by atoms with Crippen LogP contribution in [-0.2, 0) is 0 Å². The number of hydrogen-bond donors (Lipinski definition) is 1. The van der Waals surface area contributed by atoms with E-state index in [1.165, 1.54) is 17.9 Å². The third-order valence-electron chi connectivity index (χ3n) is 1.47. The number of hydrogen-bond acceptors (Lipinski definition) is 3. The van der Waals surface area contributed by atoms with E-state index in [4.69, 9.17) is 0 Å². The molecule has 0 spiro atoms. The molecule has 1 nitrogen and oxygen atoms in total. The van der Waals surface area contributed by atoms with Crippen molar-refractivity contribution in [1.82, 2.24) is 5.32 Å². The normalized spacial score (nSPS) is 11.0. The molecule has 74 valence electrons. The van der Waals surface area contributed by atoms with Gasteiger partial charge in [0.1, 0.15) is 0 Å². The van der Waals surface area contributed by atoms with Crippen LogP contribution in [0.15, 0.2) is 0 Å². The lowest BCUT2D eigenvalue weighted by Gasteiger charge is -2.03. The molecule has 0 unspecified atom stereocenters. The van der Waals surface area contributed by atoms with E-state index in [9.17, 15) is 0 Å². The highest BCUT2D eigenvalue weighted by atomic mass is 33.1. The highest BCUT2D eigenvalue weighted by Gasteiger charge is 1.94. The lowest BCUT2D eigenvalue weighted by molar-refractivity contribution is 0.633. The van der Waals surface area contributed by atoms with E-state index in [2.05, 4.69) is 26.1 Å². The predicted octanol–water partition coefficient (Wildman–Crippen LogP) is 3.02. The standard InChI is InChI=1S/C9H21NS2/c1-4-10-6-8-12-11-7-5-9(2)3/h9-10H,4-8H2,1-3H3. The second-order valence-corrected chi connectivity index (χ2v) is 5.88. The molecule has 0 heterocycles. The van der Waals surface area contributed by atoms with Gasteiger partial charge in [0.2, 0.25) is 0 Å². The summed E-state index contributed by atoms with van der Waals surface area (Å²) in [6.45, 7) is 8.96. The monoisotopic (exact) mass is 207 g/mol. The van der Waals surface area contributed by atoms with Crippen LogP contribution < -0.4 is 5.32 Å². The molecule has 0 aliphatic heterocycles. The Morgan fingerprint density at radius 3 is 2.42 bits per heavy atom. The third kappa shape index (κ3) is 10.7. The molecule has 0 amide bonds. The minimum Gasteiger partial charge on any atom is -0.316 e. The van der Waals surface area contributed by atoms with Crippen LogP contribution in [0.4, 0.5) is 0 Å². The molecule has 0 fully saturated rings. The van der Waals surface area contributed by atoms with Gasteiger partial charge in [-0.1, -0.05) is 42.4 Å². The molecule has 12 heavy (non-hydrogen) atoms. The molecule has 0 saturated heterocycles. The van der Waals surface area contributed by atoms with Crippen molar-refractivity contribution in [3.05, 3.63) is 0 Å². The van der Waals surface area contributed by atoms with Crippen LogP contribution in [0.2, 0.25) is 0 Å². The first-order valence-corrected chi connectivity index (χ1v) is 7.21. The van der Waals surface area contributed by atoms with Gasteiger partial charge >= 0.3 is 0 Å². The van der Waals surface area contributed by atoms with Gasteiger partial charge in [-0.3, -0.25) is 0 Å². The topological polar surface area (TPSA) is 12.0 Å². The zero-order chi connectivity index (χ0) is 9.23. The van der Waals surface area contributed by atoms with Crippen molar-refractivity contribution < 1.29 is 0 Å². The fraction of sp³-hybridized carbons (Fsp3) is 1.00. The fourth-order valence-corrected chi connectivity index (χ4v) is 2.97. The van der Waals surface area contributed by atoms with E-state index in [0.29, 0.717) is 0 Å². The number of nitrogens with one attached hydrogen (secondary N) is 1. The van der Waals surface area contributed by atoms with Crippen molar-refractivity contribution in [2.45, 2.75) is 27.2 Å². The molecule has 0 aliphatic carbocycles. The highest BCUT2D eigenvalue weighted by Crippen LogP contribution is 2.22. The van der Waals surface area contributed by atoms with Crippen molar-refractivity contribution in [3.63, 3.8) is 0 Å². The first kappa shape index (κ1) is 12.7. The third-order valence-corrected chi connectivity index (χ3v) is 3.91. The van der Waals surface area contributed by atoms with Crippen LogP contribution in [0.5, 0.6) is 0 Å². The average molecular weight is 207 g/mol. The van der Waals surface area contributed by atoms with Crippen LogP contribution in [0.25, 0.3) is 0 Å².